The van der Waals surface area contributed by atoms with E-state index in [1.165, 1.54) is 11.8 Å². The number of nitrogens with zero attached hydrogens (tertiary/aromatic N) is 1. The van der Waals surface area contributed by atoms with E-state index in [0.29, 0.717) is 37.3 Å². The molecule has 1 saturated heterocycles. The number of carbonyl (C=O) groups is 1. The van der Waals surface area contributed by atoms with E-state index in [-0.39, 0.29) is 5.91 Å². The molecule has 0 saturated carbocycles. The highest BCUT2D eigenvalue weighted by Crippen LogP contribution is 2.33. The van der Waals surface area contributed by atoms with Crippen molar-refractivity contribution in [2.24, 2.45) is 4.99 Å². The van der Waals surface area contributed by atoms with Crippen molar-refractivity contribution in [1.82, 2.24) is 5.32 Å². The van der Waals surface area contributed by atoms with E-state index in [9.17, 15) is 4.79 Å². The Bertz CT molecular complexity index is 1140. The van der Waals surface area contributed by atoms with Crippen LogP contribution in [0.2, 0.25) is 10.0 Å². The molecule has 0 aliphatic carbocycles. The SMILES string of the molecule is COc1ccc(N=C2NC(=O)/C(=C/c3ccc(-c4ccc(Cl)cc4Cl)o3)S2)cc1. The fourth-order valence-electron chi connectivity index (χ4n) is 2.65. The highest BCUT2D eigenvalue weighted by molar-refractivity contribution is 8.18. The number of carbonyl (C=O) groups excluding carboxylic acids is 1. The van der Waals surface area contributed by atoms with Gasteiger partial charge in [-0.2, -0.15) is 0 Å². The number of aliphatic imine (C=N–C) groups is 1. The third-order valence-corrected chi connectivity index (χ3v) is 5.51. The van der Waals surface area contributed by atoms with Crippen LogP contribution in [0.3, 0.4) is 0 Å². The molecule has 0 atom stereocenters. The summed E-state index contributed by atoms with van der Waals surface area (Å²) in [4.78, 5) is 17.2. The summed E-state index contributed by atoms with van der Waals surface area (Å²) in [5, 5.41) is 4.30. The summed E-state index contributed by atoms with van der Waals surface area (Å²) in [5.41, 5.74) is 1.44. The molecule has 1 N–H and O–H groups in total. The van der Waals surface area contributed by atoms with E-state index in [1.54, 1.807) is 43.5 Å². The van der Waals surface area contributed by atoms with Gasteiger partial charge in [-0.3, -0.25) is 4.79 Å². The molecule has 3 aromatic rings. The van der Waals surface area contributed by atoms with Crippen LogP contribution in [0.5, 0.6) is 5.75 Å². The lowest BCUT2D eigenvalue weighted by Crippen LogP contribution is -2.19. The zero-order valence-electron chi connectivity index (χ0n) is 15.1. The third kappa shape index (κ3) is 4.50. The summed E-state index contributed by atoms with van der Waals surface area (Å²) in [5.74, 6) is 1.64. The van der Waals surface area contributed by atoms with Gasteiger partial charge in [0.05, 0.1) is 22.7 Å². The monoisotopic (exact) mass is 444 g/mol. The van der Waals surface area contributed by atoms with Crippen LogP contribution in [0.1, 0.15) is 5.76 Å². The van der Waals surface area contributed by atoms with Crippen molar-refractivity contribution in [2.75, 3.05) is 7.11 Å². The number of rotatable bonds is 4. The van der Waals surface area contributed by atoms with Gasteiger partial charge in [-0.05, 0) is 66.4 Å². The van der Waals surface area contributed by atoms with Crippen LogP contribution in [0.15, 0.2) is 68.9 Å². The number of thioether (sulfide) groups is 1. The molecule has 1 aromatic heterocycles. The minimum atomic E-state index is -0.232. The van der Waals surface area contributed by atoms with E-state index in [1.807, 2.05) is 24.3 Å². The smallest absolute Gasteiger partial charge is 0.264 e. The van der Waals surface area contributed by atoms with Crippen molar-refractivity contribution in [3.63, 3.8) is 0 Å². The maximum absolute atomic E-state index is 12.3. The minimum Gasteiger partial charge on any atom is -0.497 e. The van der Waals surface area contributed by atoms with E-state index < -0.39 is 0 Å². The van der Waals surface area contributed by atoms with Crippen molar-refractivity contribution >= 4 is 57.8 Å². The Morgan fingerprint density at radius 2 is 1.90 bits per heavy atom. The van der Waals surface area contributed by atoms with Crippen LogP contribution in [-0.2, 0) is 4.79 Å². The van der Waals surface area contributed by atoms with Crippen molar-refractivity contribution in [3.05, 3.63) is 75.3 Å². The molecule has 0 unspecified atom stereocenters. The number of nitrogens with one attached hydrogen (secondary N) is 1. The lowest BCUT2D eigenvalue weighted by atomic mass is 10.2. The molecule has 4 rings (SSSR count). The minimum absolute atomic E-state index is 0.232. The van der Waals surface area contributed by atoms with Gasteiger partial charge in [-0.25, -0.2) is 4.99 Å². The molecule has 0 spiro atoms. The molecule has 1 fully saturated rings. The van der Waals surface area contributed by atoms with E-state index in [0.717, 1.165) is 11.3 Å². The van der Waals surface area contributed by atoms with Gasteiger partial charge in [0, 0.05) is 16.7 Å². The summed E-state index contributed by atoms with van der Waals surface area (Å²) >= 11 is 13.4. The molecule has 29 heavy (non-hydrogen) atoms. The highest BCUT2D eigenvalue weighted by Gasteiger charge is 2.24. The first-order valence-electron chi connectivity index (χ1n) is 8.51. The number of furan rings is 1. The Morgan fingerprint density at radius 1 is 1.10 bits per heavy atom. The molecular formula is C21H14Cl2N2O3S. The Kier molecular flexibility index (Phi) is 5.67. The summed E-state index contributed by atoms with van der Waals surface area (Å²) < 4.78 is 11.0. The topological polar surface area (TPSA) is 63.8 Å². The first-order chi connectivity index (χ1) is 14.0. The zero-order valence-corrected chi connectivity index (χ0v) is 17.4. The predicted molar refractivity (Wildman–Crippen MR) is 118 cm³/mol. The van der Waals surface area contributed by atoms with Crippen LogP contribution in [0.25, 0.3) is 17.4 Å². The highest BCUT2D eigenvalue weighted by atomic mass is 35.5. The summed E-state index contributed by atoms with van der Waals surface area (Å²) in [6.45, 7) is 0. The number of halogens is 2. The van der Waals surface area contributed by atoms with Gasteiger partial charge in [-0.1, -0.05) is 23.2 Å². The van der Waals surface area contributed by atoms with Gasteiger partial charge in [0.1, 0.15) is 17.3 Å². The normalized spacial score (nSPS) is 16.4. The molecule has 1 amide bonds. The molecule has 146 valence electrons. The van der Waals surface area contributed by atoms with Crippen LogP contribution in [0, 0.1) is 0 Å². The lowest BCUT2D eigenvalue weighted by molar-refractivity contribution is -0.115. The lowest BCUT2D eigenvalue weighted by Gasteiger charge is -2.00. The van der Waals surface area contributed by atoms with E-state index in [4.69, 9.17) is 32.4 Å². The van der Waals surface area contributed by atoms with Crippen LogP contribution >= 0.6 is 35.0 Å². The summed E-state index contributed by atoms with van der Waals surface area (Å²) in [6.07, 6.45) is 1.67. The molecule has 0 radical (unpaired) electrons. The van der Waals surface area contributed by atoms with Gasteiger partial charge >= 0.3 is 0 Å². The van der Waals surface area contributed by atoms with Crippen LogP contribution < -0.4 is 10.1 Å². The number of hydrogen-bond donors (Lipinski definition) is 1. The van der Waals surface area contributed by atoms with Gasteiger partial charge in [-0.15, -0.1) is 0 Å². The third-order valence-electron chi connectivity index (χ3n) is 4.05. The zero-order chi connectivity index (χ0) is 20.4. The number of hydrogen-bond acceptors (Lipinski definition) is 5. The van der Waals surface area contributed by atoms with Crippen molar-refractivity contribution in [2.45, 2.75) is 0 Å². The van der Waals surface area contributed by atoms with Gasteiger partial charge in [0.2, 0.25) is 0 Å². The van der Waals surface area contributed by atoms with E-state index in [2.05, 4.69) is 10.3 Å². The Labute approximate surface area is 181 Å². The largest absolute Gasteiger partial charge is 0.497 e. The number of amidine groups is 1. The van der Waals surface area contributed by atoms with Gasteiger partial charge in [0.15, 0.2) is 5.17 Å². The Morgan fingerprint density at radius 3 is 2.62 bits per heavy atom. The molecule has 2 aromatic carbocycles. The molecular weight excluding hydrogens is 431 g/mol. The second-order valence-electron chi connectivity index (χ2n) is 6.01. The number of amides is 1. The van der Waals surface area contributed by atoms with Crippen LogP contribution in [0.4, 0.5) is 5.69 Å². The fourth-order valence-corrected chi connectivity index (χ4v) is 3.97. The van der Waals surface area contributed by atoms with Crippen molar-refractivity contribution < 1.29 is 13.9 Å². The second-order valence-corrected chi connectivity index (χ2v) is 7.88. The molecule has 5 nitrogen and oxygen atoms in total. The predicted octanol–water partition coefficient (Wildman–Crippen LogP) is 6.15. The van der Waals surface area contributed by atoms with E-state index >= 15 is 0 Å². The maximum atomic E-state index is 12.3. The van der Waals surface area contributed by atoms with Crippen LogP contribution in [-0.4, -0.2) is 18.2 Å². The first kappa shape index (κ1) is 19.6. The van der Waals surface area contributed by atoms with Crippen molar-refractivity contribution in [1.29, 1.82) is 0 Å². The Balaban J connectivity index is 1.53. The molecule has 0 bridgehead atoms. The quantitative estimate of drug-likeness (QED) is 0.489. The standard InChI is InChI=1S/C21H14Cl2N2O3S/c1-27-14-5-3-13(4-6-14)24-21-25-20(26)19(29-21)11-15-7-9-18(28-15)16-8-2-12(22)10-17(16)23/h2-11H,1H3,(H,24,25,26)/b19-11-. The fraction of sp³-hybridized carbons (Fsp3) is 0.0476. The summed E-state index contributed by atoms with van der Waals surface area (Å²) in [6, 6.07) is 16.0. The van der Waals surface area contributed by atoms with Crippen molar-refractivity contribution in [3.8, 4) is 17.1 Å². The molecule has 1 aliphatic heterocycles. The molecule has 8 heteroatoms. The molecule has 1 aliphatic rings. The number of methoxy groups -OCH3 is 1. The number of ether oxygens (including phenoxy) is 1. The Hall–Kier alpha value is -2.67. The summed E-state index contributed by atoms with van der Waals surface area (Å²) in [7, 11) is 1.60. The second kappa shape index (κ2) is 8.37. The first-order valence-corrected chi connectivity index (χ1v) is 10.1. The average molecular weight is 445 g/mol. The average Bonchev–Trinajstić information content (AvgIpc) is 3.29. The van der Waals surface area contributed by atoms with Gasteiger partial charge in [0.25, 0.3) is 5.91 Å². The van der Waals surface area contributed by atoms with Gasteiger partial charge < -0.3 is 14.5 Å². The number of benzene rings is 2. The molecule has 2 heterocycles. The maximum Gasteiger partial charge on any atom is 0.264 e.